The molecule has 146 valence electrons. The number of aromatic hydroxyl groups is 1. The van der Waals surface area contributed by atoms with E-state index in [1.165, 1.54) is 24.5 Å². The topological polar surface area (TPSA) is 117 Å². The lowest BCUT2D eigenvalue weighted by molar-refractivity contribution is -0.120. The van der Waals surface area contributed by atoms with Crippen molar-refractivity contribution >= 4 is 33.2 Å². The van der Waals surface area contributed by atoms with Gasteiger partial charge in [0.05, 0.1) is 24.6 Å². The second-order valence-corrected chi connectivity index (χ2v) is 7.47. The van der Waals surface area contributed by atoms with Gasteiger partial charge in [0.15, 0.2) is 0 Å². The number of rotatable bonds is 5. The molecule has 9 heteroatoms. The highest BCUT2D eigenvalue weighted by atomic mass is 32.1. The smallest absolute Gasteiger partial charge is 0.259 e. The maximum absolute atomic E-state index is 12.3. The molecule has 1 aromatic carbocycles. The molecule has 3 N–H and O–H groups in total. The average molecular weight is 400 g/mol. The number of carbonyl (C=O) groups is 1. The summed E-state index contributed by atoms with van der Waals surface area (Å²) in [5.74, 6) is 0.420. The Hall–Kier alpha value is -3.20. The van der Waals surface area contributed by atoms with Crippen LogP contribution in [0.1, 0.15) is 28.8 Å². The van der Waals surface area contributed by atoms with E-state index in [9.17, 15) is 14.7 Å². The summed E-state index contributed by atoms with van der Waals surface area (Å²) < 4.78 is 5.13. The monoisotopic (exact) mass is 400 g/mol. The van der Waals surface area contributed by atoms with Crippen molar-refractivity contribution in [2.45, 2.75) is 27.2 Å². The van der Waals surface area contributed by atoms with Crippen LogP contribution in [0.15, 0.2) is 28.1 Å². The molecular formula is C19H20N4O4S. The Balaban J connectivity index is 1.76. The van der Waals surface area contributed by atoms with Crippen molar-refractivity contribution in [3.63, 3.8) is 0 Å². The van der Waals surface area contributed by atoms with Crippen LogP contribution in [0.5, 0.6) is 11.5 Å². The van der Waals surface area contributed by atoms with E-state index in [1.54, 1.807) is 19.1 Å². The molecule has 0 saturated carbocycles. The molecule has 0 atom stereocenters. The van der Waals surface area contributed by atoms with E-state index >= 15 is 0 Å². The van der Waals surface area contributed by atoms with Crippen molar-refractivity contribution in [3.8, 4) is 11.5 Å². The van der Waals surface area contributed by atoms with Crippen molar-refractivity contribution in [1.29, 1.82) is 0 Å². The molecule has 0 unspecified atom stereocenters. The lowest BCUT2D eigenvalue weighted by atomic mass is 10.1. The van der Waals surface area contributed by atoms with E-state index < -0.39 is 5.91 Å². The molecule has 0 fully saturated rings. The van der Waals surface area contributed by atoms with Gasteiger partial charge in [-0.15, -0.1) is 11.3 Å². The summed E-state index contributed by atoms with van der Waals surface area (Å²) in [5.41, 5.74) is 3.92. The van der Waals surface area contributed by atoms with E-state index in [-0.39, 0.29) is 23.6 Å². The molecule has 28 heavy (non-hydrogen) atoms. The number of amides is 1. The van der Waals surface area contributed by atoms with Gasteiger partial charge in [0, 0.05) is 10.4 Å². The highest BCUT2D eigenvalue weighted by Gasteiger charge is 2.14. The third kappa shape index (κ3) is 3.89. The van der Waals surface area contributed by atoms with Gasteiger partial charge < -0.3 is 14.8 Å². The van der Waals surface area contributed by atoms with Crippen molar-refractivity contribution < 1.29 is 14.6 Å². The van der Waals surface area contributed by atoms with Crippen LogP contribution in [-0.4, -0.2) is 33.8 Å². The highest BCUT2D eigenvalue weighted by Crippen LogP contribution is 2.26. The van der Waals surface area contributed by atoms with Crippen molar-refractivity contribution in [1.82, 2.24) is 15.4 Å². The van der Waals surface area contributed by atoms with Crippen molar-refractivity contribution in [3.05, 3.63) is 50.4 Å². The Morgan fingerprint density at radius 1 is 1.39 bits per heavy atom. The SMILES string of the molecule is COc1ccc(O)c(/C(C)=N/NC(=O)Cc2nc3sc(C)c(C)c3c(=O)[nH]2)c1. The van der Waals surface area contributed by atoms with Crippen LogP contribution in [0.4, 0.5) is 0 Å². The summed E-state index contributed by atoms with van der Waals surface area (Å²) in [4.78, 5) is 33.2. The first kappa shape index (κ1) is 19.6. The van der Waals surface area contributed by atoms with Crippen LogP contribution < -0.4 is 15.7 Å². The zero-order valence-corrected chi connectivity index (χ0v) is 16.7. The first-order valence-electron chi connectivity index (χ1n) is 8.49. The summed E-state index contributed by atoms with van der Waals surface area (Å²) in [5, 5.41) is 14.5. The predicted molar refractivity (Wildman–Crippen MR) is 108 cm³/mol. The molecule has 0 saturated heterocycles. The number of nitrogens with one attached hydrogen (secondary N) is 2. The molecule has 0 spiro atoms. The minimum Gasteiger partial charge on any atom is -0.507 e. The predicted octanol–water partition coefficient (Wildman–Crippen LogP) is 2.40. The number of benzene rings is 1. The Morgan fingerprint density at radius 3 is 2.86 bits per heavy atom. The number of hydrogen-bond donors (Lipinski definition) is 3. The van der Waals surface area contributed by atoms with E-state index in [0.717, 1.165) is 10.4 Å². The first-order chi connectivity index (χ1) is 13.3. The van der Waals surface area contributed by atoms with Gasteiger partial charge in [-0.05, 0) is 44.5 Å². The molecule has 0 radical (unpaired) electrons. The number of nitrogens with zero attached hydrogens (tertiary/aromatic N) is 2. The van der Waals surface area contributed by atoms with Gasteiger partial charge in [-0.25, -0.2) is 10.4 Å². The van der Waals surface area contributed by atoms with Gasteiger partial charge in [-0.1, -0.05) is 0 Å². The summed E-state index contributed by atoms with van der Waals surface area (Å²) in [6.45, 7) is 5.46. The van der Waals surface area contributed by atoms with Crippen LogP contribution >= 0.6 is 11.3 Å². The summed E-state index contributed by atoms with van der Waals surface area (Å²) >= 11 is 1.42. The molecule has 1 amide bonds. The number of ether oxygens (including phenoxy) is 1. The molecule has 2 heterocycles. The standard InChI is InChI=1S/C19H20N4O4S/c1-9-11(3)28-19-17(9)18(26)20-15(21-19)8-16(25)23-22-10(2)13-7-12(27-4)5-6-14(13)24/h5-7,24H,8H2,1-4H3,(H,23,25)(H,20,21,26)/b22-10+. The third-order valence-corrected chi connectivity index (χ3v) is 5.46. The number of hydrogen-bond acceptors (Lipinski definition) is 7. The fourth-order valence-corrected chi connectivity index (χ4v) is 3.76. The van der Waals surface area contributed by atoms with Crippen LogP contribution in [0, 0.1) is 13.8 Å². The Bertz CT molecular complexity index is 1150. The number of methoxy groups -OCH3 is 1. The second kappa shape index (κ2) is 7.81. The second-order valence-electron chi connectivity index (χ2n) is 6.27. The Labute approximate surface area is 164 Å². The number of phenolic OH excluding ortho intramolecular Hbond substituents is 1. The molecule has 8 nitrogen and oxygen atoms in total. The van der Waals surface area contributed by atoms with Gasteiger partial charge in [-0.3, -0.25) is 9.59 Å². The van der Waals surface area contributed by atoms with Crippen molar-refractivity contribution in [2.75, 3.05) is 7.11 Å². The molecule has 2 aromatic heterocycles. The maximum Gasteiger partial charge on any atom is 0.259 e. The number of hydrazone groups is 1. The molecule has 0 aliphatic rings. The van der Waals surface area contributed by atoms with Crippen molar-refractivity contribution in [2.24, 2.45) is 5.10 Å². The van der Waals surface area contributed by atoms with E-state index in [1.807, 2.05) is 13.8 Å². The van der Waals surface area contributed by atoms with Crippen LogP contribution in [0.2, 0.25) is 0 Å². The van der Waals surface area contributed by atoms with Crippen LogP contribution in [0.25, 0.3) is 10.2 Å². The average Bonchev–Trinajstić information content (AvgIpc) is 2.94. The minimum atomic E-state index is -0.436. The van der Waals surface area contributed by atoms with E-state index in [4.69, 9.17) is 4.74 Å². The number of H-pyrrole nitrogens is 1. The van der Waals surface area contributed by atoms with E-state index in [2.05, 4.69) is 20.5 Å². The number of aromatic nitrogens is 2. The molecular weight excluding hydrogens is 380 g/mol. The lowest BCUT2D eigenvalue weighted by Gasteiger charge is -2.07. The summed E-state index contributed by atoms with van der Waals surface area (Å²) in [6.07, 6.45) is -0.123. The fourth-order valence-electron chi connectivity index (χ4n) is 2.71. The molecule has 0 bridgehead atoms. The minimum absolute atomic E-state index is 0.0242. The molecule has 0 aliphatic carbocycles. The molecule has 0 aliphatic heterocycles. The fraction of sp³-hybridized carbons (Fsp3) is 0.263. The number of fused-ring (bicyclic) bond motifs is 1. The quantitative estimate of drug-likeness (QED) is 0.449. The zero-order chi connectivity index (χ0) is 20.4. The number of aromatic amines is 1. The number of phenols is 1. The lowest BCUT2D eigenvalue weighted by Crippen LogP contribution is -2.24. The zero-order valence-electron chi connectivity index (χ0n) is 15.9. The number of thiophene rings is 1. The largest absolute Gasteiger partial charge is 0.507 e. The van der Waals surface area contributed by atoms with Gasteiger partial charge in [-0.2, -0.15) is 5.10 Å². The number of aryl methyl sites for hydroxylation is 2. The first-order valence-corrected chi connectivity index (χ1v) is 9.31. The Morgan fingerprint density at radius 2 is 2.14 bits per heavy atom. The summed E-state index contributed by atoms with van der Waals surface area (Å²) in [6, 6.07) is 4.73. The maximum atomic E-state index is 12.3. The van der Waals surface area contributed by atoms with Gasteiger partial charge in [0.2, 0.25) is 5.91 Å². The highest BCUT2D eigenvalue weighted by molar-refractivity contribution is 7.18. The Kier molecular flexibility index (Phi) is 5.46. The van der Waals surface area contributed by atoms with Crippen LogP contribution in [0.3, 0.4) is 0 Å². The van der Waals surface area contributed by atoms with E-state index in [0.29, 0.717) is 27.2 Å². The normalized spacial score (nSPS) is 11.6. The van der Waals surface area contributed by atoms with Gasteiger partial charge in [0.25, 0.3) is 5.56 Å². The molecule has 3 rings (SSSR count). The third-order valence-electron chi connectivity index (χ3n) is 4.36. The van der Waals surface area contributed by atoms with Crippen LogP contribution in [-0.2, 0) is 11.2 Å². The number of carbonyl (C=O) groups excluding carboxylic acids is 1. The van der Waals surface area contributed by atoms with Gasteiger partial charge >= 0.3 is 0 Å². The molecule has 3 aromatic rings. The van der Waals surface area contributed by atoms with Gasteiger partial charge in [0.1, 0.15) is 22.2 Å². The summed E-state index contributed by atoms with van der Waals surface area (Å²) in [7, 11) is 1.52.